The van der Waals surface area contributed by atoms with E-state index in [1.807, 2.05) is 43.0 Å². The molecule has 2 aromatic carbocycles. The van der Waals surface area contributed by atoms with Gasteiger partial charge in [-0.25, -0.2) is 4.79 Å². The lowest BCUT2D eigenvalue weighted by molar-refractivity contribution is -0.139. The predicted octanol–water partition coefficient (Wildman–Crippen LogP) is 3.25. The Morgan fingerprint density at radius 1 is 1.07 bits per heavy atom. The highest BCUT2D eigenvalue weighted by Gasteiger charge is 2.34. The van der Waals surface area contributed by atoms with Crippen molar-refractivity contribution in [3.05, 3.63) is 70.8 Å². The van der Waals surface area contributed by atoms with Crippen molar-refractivity contribution in [1.29, 1.82) is 0 Å². The first-order valence-corrected chi connectivity index (χ1v) is 9.39. The zero-order chi connectivity index (χ0) is 19.4. The number of nitrogens with zero attached hydrogens (tertiary/aromatic N) is 2. The number of carbonyl (C=O) groups excluding carboxylic acids is 2. The molecule has 142 valence electrons. The van der Waals surface area contributed by atoms with Crippen LogP contribution in [-0.2, 0) is 17.9 Å². The van der Waals surface area contributed by atoms with E-state index in [2.05, 4.69) is 29.6 Å². The average Bonchev–Trinajstić information content (AvgIpc) is 2.66. The molecule has 0 saturated carbocycles. The van der Waals surface area contributed by atoms with Crippen LogP contribution in [0.5, 0.6) is 0 Å². The first kappa shape index (κ1) is 19.0. The molecule has 27 heavy (non-hydrogen) atoms. The number of benzene rings is 2. The van der Waals surface area contributed by atoms with Crippen LogP contribution in [0.3, 0.4) is 0 Å². The van der Waals surface area contributed by atoms with Crippen LogP contribution >= 0.6 is 0 Å². The first-order chi connectivity index (χ1) is 13.0. The molecule has 0 spiro atoms. The van der Waals surface area contributed by atoms with Crippen molar-refractivity contribution in [3.63, 3.8) is 0 Å². The zero-order valence-corrected chi connectivity index (χ0v) is 16.2. The fraction of sp³-hybridized carbons (Fsp3) is 0.364. The number of carbonyl (C=O) groups is 2. The largest absolute Gasteiger partial charge is 0.335 e. The van der Waals surface area contributed by atoms with Gasteiger partial charge in [-0.2, -0.15) is 0 Å². The summed E-state index contributed by atoms with van der Waals surface area (Å²) in [5.41, 5.74) is 4.54. The Bertz CT molecular complexity index is 817. The van der Waals surface area contributed by atoms with Crippen LogP contribution in [0.25, 0.3) is 0 Å². The Morgan fingerprint density at radius 3 is 2.48 bits per heavy atom. The van der Waals surface area contributed by atoms with Crippen molar-refractivity contribution < 1.29 is 9.59 Å². The lowest BCUT2D eigenvalue weighted by Gasteiger charge is -2.39. The molecule has 0 bridgehead atoms. The van der Waals surface area contributed by atoms with E-state index in [1.165, 1.54) is 5.56 Å². The summed E-state index contributed by atoms with van der Waals surface area (Å²) >= 11 is 0. The van der Waals surface area contributed by atoms with E-state index in [4.69, 9.17) is 0 Å². The Kier molecular flexibility index (Phi) is 5.79. The molecule has 0 aliphatic carbocycles. The van der Waals surface area contributed by atoms with E-state index in [0.717, 1.165) is 16.7 Å². The molecule has 3 rings (SSSR count). The smallest absolute Gasteiger partial charge is 0.318 e. The number of nitrogens with one attached hydrogen (secondary N) is 1. The van der Waals surface area contributed by atoms with Gasteiger partial charge in [-0.1, -0.05) is 54.1 Å². The number of hydrogen-bond donors (Lipinski definition) is 1. The van der Waals surface area contributed by atoms with Crippen molar-refractivity contribution in [3.8, 4) is 0 Å². The summed E-state index contributed by atoms with van der Waals surface area (Å²) in [7, 11) is 0. The number of urea groups is 1. The molecule has 0 unspecified atom stereocenters. The predicted molar refractivity (Wildman–Crippen MR) is 106 cm³/mol. The number of rotatable bonds is 4. The molecule has 5 nitrogen and oxygen atoms in total. The minimum absolute atomic E-state index is 0.00660. The monoisotopic (exact) mass is 365 g/mol. The van der Waals surface area contributed by atoms with Gasteiger partial charge in [-0.3, -0.25) is 4.79 Å². The van der Waals surface area contributed by atoms with E-state index in [1.54, 1.807) is 11.8 Å². The number of piperazine rings is 1. The van der Waals surface area contributed by atoms with Gasteiger partial charge in [0.15, 0.2) is 0 Å². The molecule has 1 aliphatic rings. The van der Waals surface area contributed by atoms with Crippen molar-refractivity contribution in [2.75, 3.05) is 13.1 Å². The van der Waals surface area contributed by atoms with Crippen LogP contribution < -0.4 is 5.32 Å². The molecule has 1 saturated heterocycles. The Morgan fingerprint density at radius 2 is 1.78 bits per heavy atom. The highest BCUT2D eigenvalue weighted by molar-refractivity contribution is 5.88. The number of hydrogen-bond acceptors (Lipinski definition) is 2. The van der Waals surface area contributed by atoms with Crippen LogP contribution in [0.15, 0.2) is 48.5 Å². The fourth-order valence-electron chi connectivity index (χ4n) is 3.36. The first-order valence-electron chi connectivity index (χ1n) is 9.39. The molecule has 1 N–H and O–H groups in total. The molecule has 0 radical (unpaired) electrons. The van der Waals surface area contributed by atoms with Crippen LogP contribution in [0.4, 0.5) is 4.79 Å². The maximum Gasteiger partial charge on any atom is 0.318 e. The van der Waals surface area contributed by atoms with Gasteiger partial charge >= 0.3 is 6.03 Å². The third-order valence-electron chi connectivity index (χ3n) is 5.19. The zero-order valence-electron chi connectivity index (χ0n) is 16.2. The van der Waals surface area contributed by atoms with Gasteiger partial charge in [0.1, 0.15) is 6.04 Å². The summed E-state index contributed by atoms with van der Waals surface area (Å²) in [5, 5.41) is 2.95. The summed E-state index contributed by atoms with van der Waals surface area (Å²) in [6.45, 7) is 8.02. The maximum absolute atomic E-state index is 12.7. The van der Waals surface area contributed by atoms with Gasteiger partial charge < -0.3 is 15.1 Å². The molecule has 0 aromatic heterocycles. The van der Waals surface area contributed by atoms with Crippen molar-refractivity contribution >= 4 is 11.9 Å². The van der Waals surface area contributed by atoms with E-state index < -0.39 is 6.04 Å². The Labute approximate surface area is 161 Å². The van der Waals surface area contributed by atoms with Gasteiger partial charge in [-0.15, -0.1) is 0 Å². The third-order valence-corrected chi connectivity index (χ3v) is 5.19. The van der Waals surface area contributed by atoms with E-state index >= 15 is 0 Å². The standard InChI is InChI=1S/C22H27N3O2/c1-16-8-10-19(11-9-16)15-24-12-13-25(18(3)21(24)26)22(27)23-14-20-7-5-4-6-17(20)2/h4-11,18H,12-15H2,1-3H3,(H,23,27)/t18-/m1/s1. The van der Waals surface area contributed by atoms with E-state index in [-0.39, 0.29) is 11.9 Å². The molecule has 1 heterocycles. The summed E-state index contributed by atoms with van der Waals surface area (Å²) in [6.07, 6.45) is 0. The third kappa shape index (κ3) is 4.48. The topological polar surface area (TPSA) is 52.6 Å². The van der Waals surface area contributed by atoms with Crippen LogP contribution in [0.2, 0.25) is 0 Å². The number of aryl methyl sites for hydroxylation is 2. The van der Waals surface area contributed by atoms with Crippen LogP contribution in [-0.4, -0.2) is 40.9 Å². The number of amides is 3. The van der Waals surface area contributed by atoms with Gasteiger partial charge in [0, 0.05) is 26.2 Å². The SMILES string of the molecule is Cc1ccc(CN2CCN(C(=O)NCc3ccccc3C)[C@H](C)C2=O)cc1. The fourth-order valence-corrected chi connectivity index (χ4v) is 3.36. The maximum atomic E-state index is 12.7. The summed E-state index contributed by atoms with van der Waals surface area (Å²) in [5.74, 6) is -0.00660. The van der Waals surface area contributed by atoms with E-state index in [9.17, 15) is 9.59 Å². The average molecular weight is 365 g/mol. The molecule has 5 heteroatoms. The summed E-state index contributed by atoms with van der Waals surface area (Å²) < 4.78 is 0. The lowest BCUT2D eigenvalue weighted by atomic mass is 10.1. The highest BCUT2D eigenvalue weighted by Crippen LogP contribution is 2.16. The van der Waals surface area contributed by atoms with E-state index in [0.29, 0.717) is 26.2 Å². The van der Waals surface area contributed by atoms with Crippen LogP contribution in [0.1, 0.15) is 29.2 Å². The molecular weight excluding hydrogens is 338 g/mol. The van der Waals surface area contributed by atoms with Crippen molar-refractivity contribution in [1.82, 2.24) is 15.1 Å². The summed E-state index contributed by atoms with van der Waals surface area (Å²) in [4.78, 5) is 28.8. The van der Waals surface area contributed by atoms with Gasteiger partial charge in [0.2, 0.25) is 5.91 Å². The normalized spacial score (nSPS) is 17.1. The molecule has 3 amide bonds. The second kappa shape index (κ2) is 8.25. The molecule has 2 aromatic rings. The second-order valence-corrected chi connectivity index (χ2v) is 7.20. The quantitative estimate of drug-likeness (QED) is 0.904. The minimum Gasteiger partial charge on any atom is -0.335 e. The minimum atomic E-state index is -0.457. The van der Waals surface area contributed by atoms with Gasteiger partial charge in [0.25, 0.3) is 0 Å². The second-order valence-electron chi connectivity index (χ2n) is 7.20. The molecule has 1 fully saturated rings. The van der Waals surface area contributed by atoms with Gasteiger partial charge in [-0.05, 0) is 37.5 Å². The van der Waals surface area contributed by atoms with Crippen molar-refractivity contribution in [2.24, 2.45) is 0 Å². The Hall–Kier alpha value is -2.82. The van der Waals surface area contributed by atoms with Gasteiger partial charge in [0.05, 0.1) is 0 Å². The lowest BCUT2D eigenvalue weighted by Crippen LogP contribution is -2.59. The molecular formula is C22H27N3O2. The molecule has 1 atom stereocenters. The van der Waals surface area contributed by atoms with Crippen molar-refractivity contribution in [2.45, 2.75) is 39.9 Å². The van der Waals surface area contributed by atoms with Crippen LogP contribution in [0, 0.1) is 13.8 Å². The highest BCUT2D eigenvalue weighted by atomic mass is 16.2. The molecule has 1 aliphatic heterocycles. The Balaban J connectivity index is 1.57. The summed E-state index contributed by atoms with van der Waals surface area (Å²) in [6, 6.07) is 15.5.